The monoisotopic (exact) mass is 572 g/mol. The zero-order valence-electron chi connectivity index (χ0n) is 16.8. The molecule has 3 aromatic carbocycles. The minimum Gasteiger partial charge on any atom is -0.302 e. The van der Waals surface area contributed by atoms with E-state index in [1.165, 1.54) is 18.2 Å². The van der Waals surface area contributed by atoms with Gasteiger partial charge in [0.25, 0.3) is 0 Å². The second-order valence-electron chi connectivity index (χ2n) is 7.00. The predicted molar refractivity (Wildman–Crippen MR) is 120 cm³/mol. The first-order valence-corrected chi connectivity index (χ1v) is 12.1. The maximum absolute atomic E-state index is 14.2. The summed E-state index contributed by atoms with van der Waals surface area (Å²) >= 11 is 17.9. The highest BCUT2D eigenvalue weighted by Gasteiger charge is 2.51. The van der Waals surface area contributed by atoms with Crippen molar-refractivity contribution >= 4 is 58.3 Å². The number of hydrogen-bond acceptors (Lipinski definition) is 3. The van der Waals surface area contributed by atoms with Crippen molar-refractivity contribution in [2.75, 3.05) is 0 Å². The fourth-order valence-electron chi connectivity index (χ4n) is 3.26. The van der Waals surface area contributed by atoms with Crippen LogP contribution >= 0.6 is 41.9 Å². The minimum atomic E-state index is -5.47. The quantitative estimate of drug-likeness (QED) is 0.175. The van der Waals surface area contributed by atoms with Crippen LogP contribution in [0.1, 0.15) is 31.8 Å². The van der Waals surface area contributed by atoms with Crippen molar-refractivity contribution in [2.24, 2.45) is 0 Å². The van der Waals surface area contributed by atoms with Crippen LogP contribution in [-0.4, -0.2) is 11.0 Å². The summed E-state index contributed by atoms with van der Waals surface area (Å²) in [7, 11) is -5.47. The zero-order valence-corrected chi connectivity index (χ0v) is 20.0. The predicted octanol–water partition coefficient (Wildman–Crippen LogP) is 8.35. The van der Waals surface area contributed by atoms with Gasteiger partial charge in [-0.15, -0.1) is 0 Å². The second-order valence-corrected chi connectivity index (χ2v) is 10.7. The third-order valence-corrected chi connectivity index (χ3v) is 8.57. The molecule has 1 atom stereocenters. The van der Waals surface area contributed by atoms with Gasteiger partial charge < -0.3 is 4.57 Å². The first-order chi connectivity index (χ1) is 16.1. The van der Waals surface area contributed by atoms with Crippen LogP contribution in [0.2, 0.25) is 15.1 Å². The lowest BCUT2D eigenvalue weighted by atomic mass is 10.0. The molecule has 1 unspecified atom stereocenters. The summed E-state index contributed by atoms with van der Waals surface area (Å²) in [5, 5.41) is -1.94. The van der Waals surface area contributed by atoms with Gasteiger partial charge in [0.05, 0.1) is 37.3 Å². The Kier molecular flexibility index (Phi) is 7.49. The van der Waals surface area contributed by atoms with Crippen LogP contribution in [0.3, 0.4) is 0 Å². The van der Waals surface area contributed by atoms with Crippen molar-refractivity contribution in [3.8, 4) is 0 Å². The largest absolute Gasteiger partial charge is 0.417 e. The number of benzene rings is 3. The molecular formula is C22H10Cl3F6O3P. The number of carbonyl (C=O) groups is 2. The molecule has 0 saturated heterocycles. The molecule has 0 bridgehead atoms. The number of halogens is 9. The molecule has 3 rings (SSSR count). The van der Waals surface area contributed by atoms with E-state index in [1.54, 1.807) is 0 Å². The first kappa shape index (κ1) is 27.3. The topological polar surface area (TPSA) is 51.2 Å². The Labute approximate surface area is 209 Å². The second kappa shape index (κ2) is 9.62. The molecule has 3 nitrogen and oxygen atoms in total. The third-order valence-electron chi connectivity index (χ3n) is 4.84. The summed E-state index contributed by atoms with van der Waals surface area (Å²) in [5.74, 6) is 0. The highest BCUT2D eigenvalue weighted by Crippen LogP contribution is 2.56. The lowest BCUT2D eigenvalue weighted by molar-refractivity contribution is -0.143. The Morgan fingerprint density at radius 3 is 1.57 bits per heavy atom. The van der Waals surface area contributed by atoms with Crippen molar-refractivity contribution in [1.82, 2.24) is 0 Å². The van der Waals surface area contributed by atoms with E-state index in [2.05, 4.69) is 0 Å². The molecule has 0 amide bonds. The maximum Gasteiger partial charge on any atom is 0.417 e. The SMILES string of the molecule is O=C(c1c(C(F)(F)F)cccc1C(F)(F)F)P(=O)(C(=O)c1c(Cl)ccc(Cl)c1Cl)c1ccccc1. The number of carbonyl (C=O) groups excluding carboxylic acids is 2. The van der Waals surface area contributed by atoms with Crippen molar-refractivity contribution in [3.05, 3.63) is 98.0 Å². The fourth-order valence-corrected chi connectivity index (χ4v) is 6.44. The molecule has 0 spiro atoms. The maximum atomic E-state index is 14.2. The first-order valence-electron chi connectivity index (χ1n) is 9.28. The van der Waals surface area contributed by atoms with Gasteiger partial charge in [-0.2, -0.15) is 26.3 Å². The molecule has 0 N–H and O–H groups in total. The lowest BCUT2D eigenvalue weighted by Crippen LogP contribution is -2.26. The molecule has 0 aliphatic heterocycles. The Balaban J connectivity index is 2.44. The van der Waals surface area contributed by atoms with E-state index in [9.17, 15) is 40.5 Å². The highest BCUT2D eigenvalue weighted by molar-refractivity contribution is 8.01. The van der Waals surface area contributed by atoms with Gasteiger partial charge in [-0.3, -0.25) is 9.59 Å². The van der Waals surface area contributed by atoms with Gasteiger partial charge in [0.15, 0.2) is 0 Å². The molecule has 0 saturated carbocycles. The Hall–Kier alpha value is -2.32. The van der Waals surface area contributed by atoms with Crippen molar-refractivity contribution in [2.45, 2.75) is 12.4 Å². The van der Waals surface area contributed by atoms with Crippen LogP contribution in [0.5, 0.6) is 0 Å². The summed E-state index contributed by atoms with van der Waals surface area (Å²) in [4.78, 5) is 27.0. The van der Waals surface area contributed by atoms with Gasteiger partial charge in [-0.1, -0.05) is 71.2 Å². The molecule has 0 radical (unpaired) electrons. The van der Waals surface area contributed by atoms with Crippen LogP contribution < -0.4 is 5.30 Å². The van der Waals surface area contributed by atoms with Crippen LogP contribution in [0.25, 0.3) is 0 Å². The number of hydrogen-bond donors (Lipinski definition) is 0. The third kappa shape index (κ3) is 5.00. The van der Waals surface area contributed by atoms with Crippen LogP contribution in [0.4, 0.5) is 26.3 Å². The Bertz CT molecular complexity index is 1340. The fraction of sp³-hybridized carbons (Fsp3) is 0.0909. The summed E-state index contributed by atoms with van der Waals surface area (Å²) in [5.41, 5.74) is -10.6. The number of rotatable bonds is 5. The standard InChI is InChI=1S/C22H10Cl3F6O3P/c23-14-9-10-15(24)18(25)17(14)20(33)35(34,11-5-2-1-3-6-11)19(32)16-12(21(26,27)28)7-4-8-13(16)22(29,30)31/h1-10H. The molecule has 13 heteroatoms. The normalized spacial score (nSPS) is 13.9. The molecule has 35 heavy (non-hydrogen) atoms. The summed E-state index contributed by atoms with van der Waals surface area (Å²) < 4.78 is 96.5. The van der Waals surface area contributed by atoms with Gasteiger partial charge in [-0.25, -0.2) is 0 Å². The molecule has 0 heterocycles. The van der Waals surface area contributed by atoms with E-state index >= 15 is 0 Å². The average molecular weight is 574 g/mol. The van der Waals surface area contributed by atoms with E-state index in [-0.39, 0.29) is 17.2 Å². The molecule has 184 valence electrons. The molecule has 3 aromatic rings. The van der Waals surface area contributed by atoms with Gasteiger partial charge >= 0.3 is 12.4 Å². The van der Waals surface area contributed by atoms with E-state index < -0.39 is 68.1 Å². The van der Waals surface area contributed by atoms with Crippen molar-refractivity contribution in [1.29, 1.82) is 0 Å². The van der Waals surface area contributed by atoms with Gasteiger partial charge in [0.2, 0.25) is 18.2 Å². The van der Waals surface area contributed by atoms with Gasteiger partial charge in [-0.05, 0) is 24.3 Å². The molecule has 0 fully saturated rings. The molecule has 0 aliphatic rings. The van der Waals surface area contributed by atoms with Crippen LogP contribution in [0.15, 0.2) is 60.7 Å². The van der Waals surface area contributed by atoms with E-state index in [1.807, 2.05) is 0 Å². The Morgan fingerprint density at radius 1 is 0.629 bits per heavy atom. The molecular weight excluding hydrogens is 564 g/mol. The average Bonchev–Trinajstić information content (AvgIpc) is 2.79. The zero-order chi connectivity index (χ0) is 26.3. The van der Waals surface area contributed by atoms with Gasteiger partial charge in [0.1, 0.15) is 0 Å². The highest BCUT2D eigenvalue weighted by atomic mass is 35.5. The van der Waals surface area contributed by atoms with Crippen LogP contribution in [-0.2, 0) is 16.9 Å². The summed E-state index contributed by atoms with van der Waals surface area (Å²) in [6.45, 7) is 0. The van der Waals surface area contributed by atoms with Crippen molar-refractivity contribution in [3.63, 3.8) is 0 Å². The minimum absolute atomic E-state index is 0.224. The Morgan fingerprint density at radius 2 is 1.09 bits per heavy atom. The summed E-state index contributed by atoms with van der Waals surface area (Å²) in [6, 6.07) is 8.79. The summed E-state index contributed by atoms with van der Waals surface area (Å²) in [6.07, 6.45) is -10.9. The van der Waals surface area contributed by atoms with E-state index in [4.69, 9.17) is 34.8 Å². The number of alkyl halides is 6. The molecule has 0 aliphatic carbocycles. The molecule has 0 aromatic heterocycles. The van der Waals surface area contributed by atoms with E-state index in [0.29, 0.717) is 6.07 Å². The van der Waals surface area contributed by atoms with Crippen molar-refractivity contribution < 1.29 is 40.5 Å². The smallest absolute Gasteiger partial charge is 0.302 e. The van der Waals surface area contributed by atoms with Crippen LogP contribution in [0, 0.1) is 0 Å². The van der Waals surface area contributed by atoms with Gasteiger partial charge in [0, 0.05) is 5.30 Å². The van der Waals surface area contributed by atoms with E-state index in [0.717, 1.165) is 24.3 Å². The lowest BCUT2D eigenvalue weighted by Gasteiger charge is -2.23.